The molecule has 1 rings (SSSR count). The second-order valence-corrected chi connectivity index (χ2v) is 3.81. The molecule has 1 atom stereocenters. The van der Waals surface area contributed by atoms with E-state index < -0.39 is 18.9 Å². The van der Waals surface area contributed by atoms with Crippen molar-refractivity contribution in [3.63, 3.8) is 0 Å². The first-order chi connectivity index (χ1) is 5.39. The molecule has 1 fully saturated rings. The zero-order valence-corrected chi connectivity index (χ0v) is 11.1. The summed E-state index contributed by atoms with van der Waals surface area (Å²) in [6, 6.07) is 0. The number of rotatable bonds is 3. The van der Waals surface area contributed by atoms with Crippen LogP contribution in [0.3, 0.4) is 0 Å². The smallest absolute Gasteiger partial charge is 0.449 e. The Kier molecular flexibility index (Phi) is 6.13. The summed E-state index contributed by atoms with van der Waals surface area (Å²) in [5.41, 5.74) is 0. The topological polar surface area (TPSA) is 20.2 Å². The minimum Gasteiger partial charge on any atom is -0.449 e. The molecule has 0 bridgehead atoms. The van der Waals surface area contributed by atoms with Gasteiger partial charge in [-0.05, 0) is 19.3 Å². The molecule has 1 N–H and O–H groups in total. The standard InChI is InChI=1S/C7H13BF3O.K/c1-5(12)2-6-3-7(4-6)8(9,10)11;/h5-7,12H,2-4H2,1H3;/q-1;+1. The van der Waals surface area contributed by atoms with Gasteiger partial charge in [0.15, 0.2) is 0 Å². The summed E-state index contributed by atoms with van der Waals surface area (Å²) < 4.78 is 36.0. The van der Waals surface area contributed by atoms with Crippen LogP contribution in [0, 0.1) is 5.92 Å². The fourth-order valence-corrected chi connectivity index (χ4v) is 1.77. The van der Waals surface area contributed by atoms with Crippen LogP contribution < -0.4 is 51.4 Å². The van der Waals surface area contributed by atoms with Crippen molar-refractivity contribution < 1.29 is 69.4 Å². The monoisotopic (exact) mass is 220 g/mol. The molecule has 0 radical (unpaired) electrons. The van der Waals surface area contributed by atoms with Crippen LogP contribution in [0.4, 0.5) is 12.9 Å². The van der Waals surface area contributed by atoms with Crippen LogP contribution in [0.2, 0.25) is 5.82 Å². The Bertz CT molecular complexity index is 156. The van der Waals surface area contributed by atoms with Crippen molar-refractivity contribution in [2.45, 2.75) is 38.1 Å². The zero-order chi connectivity index (χ0) is 9.35. The van der Waals surface area contributed by atoms with Gasteiger partial charge in [-0.1, -0.05) is 18.7 Å². The average Bonchev–Trinajstić information content (AvgIpc) is 1.73. The van der Waals surface area contributed by atoms with Crippen molar-refractivity contribution in [2.75, 3.05) is 0 Å². The molecule has 6 heteroatoms. The predicted octanol–water partition coefficient (Wildman–Crippen LogP) is -0.611. The van der Waals surface area contributed by atoms with Crippen LogP contribution in [0.5, 0.6) is 0 Å². The SMILES string of the molecule is CC(O)CC1CC([B-](F)(F)F)C1.[K+]. The van der Waals surface area contributed by atoms with E-state index in [1.54, 1.807) is 6.92 Å². The molecular weight excluding hydrogens is 207 g/mol. The molecule has 1 nitrogen and oxygen atoms in total. The molecule has 13 heavy (non-hydrogen) atoms. The first kappa shape index (κ1) is 14.5. The Morgan fingerprint density at radius 2 is 1.85 bits per heavy atom. The molecule has 0 saturated heterocycles. The molecule has 0 amide bonds. The molecule has 72 valence electrons. The van der Waals surface area contributed by atoms with Gasteiger partial charge in [-0.3, -0.25) is 0 Å². The summed E-state index contributed by atoms with van der Waals surface area (Å²) in [5.74, 6) is -0.952. The van der Waals surface area contributed by atoms with Crippen LogP contribution in [0.1, 0.15) is 26.2 Å². The van der Waals surface area contributed by atoms with Gasteiger partial charge in [-0.25, -0.2) is 0 Å². The molecule has 0 spiro atoms. The summed E-state index contributed by atoms with van der Waals surface area (Å²) in [4.78, 5) is 0. The fourth-order valence-electron chi connectivity index (χ4n) is 1.77. The minimum absolute atomic E-state index is 0. The second-order valence-electron chi connectivity index (χ2n) is 3.81. The molecule has 0 aromatic heterocycles. The minimum atomic E-state index is -4.62. The molecule has 0 aromatic carbocycles. The third-order valence-corrected chi connectivity index (χ3v) is 2.48. The van der Waals surface area contributed by atoms with Gasteiger partial charge in [0, 0.05) is 0 Å². The van der Waals surface area contributed by atoms with Crippen LogP contribution in [0.25, 0.3) is 0 Å². The summed E-state index contributed by atoms with van der Waals surface area (Å²) >= 11 is 0. The van der Waals surface area contributed by atoms with E-state index in [1.165, 1.54) is 0 Å². The molecule has 1 unspecified atom stereocenters. The zero-order valence-electron chi connectivity index (χ0n) is 8.01. The largest absolute Gasteiger partial charge is 1.00 e. The van der Waals surface area contributed by atoms with Crippen molar-refractivity contribution in [2.24, 2.45) is 5.92 Å². The Morgan fingerprint density at radius 3 is 2.15 bits per heavy atom. The number of hydrogen-bond donors (Lipinski definition) is 1. The van der Waals surface area contributed by atoms with Crippen molar-refractivity contribution in [1.29, 1.82) is 0 Å². The molecule has 0 aromatic rings. The maximum Gasteiger partial charge on any atom is 1.00 e. The van der Waals surface area contributed by atoms with Gasteiger partial charge in [-0.15, -0.1) is 0 Å². The summed E-state index contributed by atoms with van der Waals surface area (Å²) in [5, 5.41) is 8.90. The Labute approximate surface area is 119 Å². The van der Waals surface area contributed by atoms with E-state index in [2.05, 4.69) is 0 Å². The second kappa shape index (κ2) is 5.51. The van der Waals surface area contributed by atoms with E-state index in [4.69, 9.17) is 5.11 Å². The molecular formula is C7H13BF3KO. The predicted molar refractivity (Wildman–Crippen MR) is 41.8 cm³/mol. The van der Waals surface area contributed by atoms with Gasteiger partial charge in [0.1, 0.15) is 0 Å². The maximum absolute atomic E-state index is 12.0. The van der Waals surface area contributed by atoms with Crippen LogP contribution in [-0.2, 0) is 0 Å². The van der Waals surface area contributed by atoms with Crippen molar-refractivity contribution in [1.82, 2.24) is 0 Å². The summed E-state index contributed by atoms with van der Waals surface area (Å²) in [6.07, 6.45) is 0.516. The average molecular weight is 220 g/mol. The van der Waals surface area contributed by atoms with E-state index in [1.807, 2.05) is 0 Å². The van der Waals surface area contributed by atoms with Crippen LogP contribution in [0.15, 0.2) is 0 Å². The van der Waals surface area contributed by atoms with Gasteiger partial charge in [0.05, 0.1) is 6.10 Å². The normalized spacial score (nSPS) is 30.2. The van der Waals surface area contributed by atoms with E-state index in [9.17, 15) is 12.9 Å². The first-order valence-corrected chi connectivity index (χ1v) is 4.27. The number of aliphatic hydroxyl groups excluding tert-OH is 1. The van der Waals surface area contributed by atoms with E-state index in [0.29, 0.717) is 6.42 Å². The molecule has 1 aliphatic carbocycles. The van der Waals surface area contributed by atoms with Crippen molar-refractivity contribution in [3.05, 3.63) is 0 Å². The van der Waals surface area contributed by atoms with Crippen LogP contribution in [-0.4, -0.2) is 18.2 Å². The van der Waals surface area contributed by atoms with E-state index in [0.717, 1.165) is 0 Å². The van der Waals surface area contributed by atoms with E-state index in [-0.39, 0.29) is 70.1 Å². The maximum atomic E-state index is 12.0. The van der Waals surface area contributed by atoms with Gasteiger partial charge in [-0.2, -0.15) is 0 Å². The molecule has 1 saturated carbocycles. The quantitative estimate of drug-likeness (QED) is 0.629. The van der Waals surface area contributed by atoms with Gasteiger partial charge in [0.2, 0.25) is 0 Å². The molecule has 0 aliphatic heterocycles. The van der Waals surface area contributed by atoms with Crippen molar-refractivity contribution in [3.8, 4) is 0 Å². The van der Waals surface area contributed by atoms with Gasteiger partial charge in [0.25, 0.3) is 0 Å². The Balaban J connectivity index is 0.00000144. The number of halogens is 3. The van der Waals surface area contributed by atoms with Gasteiger partial charge >= 0.3 is 58.4 Å². The fraction of sp³-hybridized carbons (Fsp3) is 1.00. The van der Waals surface area contributed by atoms with Gasteiger partial charge < -0.3 is 18.1 Å². The molecule has 0 heterocycles. The number of aliphatic hydroxyl groups is 1. The summed E-state index contributed by atoms with van der Waals surface area (Å²) in [6.45, 7) is -3.00. The summed E-state index contributed by atoms with van der Waals surface area (Å²) in [7, 11) is 0. The third kappa shape index (κ3) is 4.66. The first-order valence-electron chi connectivity index (χ1n) is 4.27. The Morgan fingerprint density at radius 1 is 1.38 bits per heavy atom. The van der Waals surface area contributed by atoms with Crippen molar-refractivity contribution >= 4 is 6.98 Å². The Hall–Kier alpha value is 1.45. The molecule has 1 aliphatic rings. The van der Waals surface area contributed by atoms with E-state index >= 15 is 0 Å². The van der Waals surface area contributed by atoms with Crippen LogP contribution >= 0.6 is 0 Å². The third-order valence-electron chi connectivity index (χ3n) is 2.48. The number of hydrogen-bond acceptors (Lipinski definition) is 1.